The van der Waals surface area contributed by atoms with Gasteiger partial charge in [-0.3, -0.25) is 9.48 Å². The lowest BCUT2D eigenvalue weighted by Crippen LogP contribution is -2.16. The average Bonchev–Trinajstić information content (AvgIpc) is 3.26. The van der Waals surface area contributed by atoms with Gasteiger partial charge in [0.15, 0.2) is 0 Å². The van der Waals surface area contributed by atoms with Crippen molar-refractivity contribution in [1.82, 2.24) is 14.8 Å². The Balaban J connectivity index is 1.67. The Morgan fingerprint density at radius 3 is 2.73 bits per heavy atom. The molecule has 0 spiro atoms. The zero-order valence-electron chi connectivity index (χ0n) is 13.9. The van der Waals surface area contributed by atoms with Crippen LogP contribution in [0, 0.1) is 0 Å². The van der Waals surface area contributed by atoms with Crippen LogP contribution in [-0.4, -0.2) is 45.5 Å². The standard InChI is InChI=1S/C17H16N4O4S/c1-25-9-15(22)19-13-4-2-11(3-5-13)14-10-26-16(20-14)8-21-7-12(6-18-21)17(23)24/h2-7,10H,8-9H2,1H3,(H,19,22)(H,23,24). The number of benzene rings is 1. The largest absolute Gasteiger partial charge is 0.478 e. The van der Waals surface area contributed by atoms with Crippen LogP contribution in [0.4, 0.5) is 5.69 Å². The van der Waals surface area contributed by atoms with Crippen LogP contribution in [0.15, 0.2) is 42.0 Å². The number of carbonyl (C=O) groups excluding carboxylic acids is 1. The van der Waals surface area contributed by atoms with Crippen molar-refractivity contribution in [2.75, 3.05) is 19.0 Å². The number of rotatable bonds is 7. The zero-order chi connectivity index (χ0) is 18.5. The first-order valence-electron chi connectivity index (χ1n) is 7.64. The van der Waals surface area contributed by atoms with Gasteiger partial charge in [0.2, 0.25) is 5.91 Å². The number of ether oxygens (including phenoxy) is 1. The number of amides is 1. The number of hydrogen-bond acceptors (Lipinski definition) is 6. The third kappa shape index (κ3) is 4.32. The number of aromatic nitrogens is 3. The molecule has 1 amide bonds. The molecule has 2 N–H and O–H groups in total. The van der Waals surface area contributed by atoms with Crippen molar-refractivity contribution in [3.05, 3.63) is 52.6 Å². The van der Waals surface area contributed by atoms with Crippen molar-refractivity contribution in [2.45, 2.75) is 6.54 Å². The molecule has 0 atom stereocenters. The predicted molar refractivity (Wildman–Crippen MR) is 96.3 cm³/mol. The Bertz CT molecular complexity index is 917. The second-order valence-electron chi connectivity index (χ2n) is 5.42. The Hall–Kier alpha value is -3.04. The Labute approximate surface area is 153 Å². The van der Waals surface area contributed by atoms with Crippen LogP contribution in [0.25, 0.3) is 11.3 Å². The monoisotopic (exact) mass is 372 g/mol. The molecular weight excluding hydrogens is 356 g/mol. The summed E-state index contributed by atoms with van der Waals surface area (Å²) >= 11 is 1.47. The molecule has 2 heterocycles. The van der Waals surface area contributed by atoms with Gasteiger partial charge in [0.05, 0.1) is 24.0 Å². The molecule has 1 aromatic carbocycles. The van der Waals surface area contributed by atoms with Crippen molar-refractivity contribution in [3.63, 3.8) is 0 Å². The van der Waals surface area contributed by atoms with Gasteiger partial charge in [-0.25, -0.2) is 9.78 Å². The molecule has 0 unspecified atom stereocenters. The molecule has 3 aromatic rings. The second kappa shape index (κ2) is 7.89. The van der Waals surface area contributed by atoms with Gasteiger partial charge in [-0.1, -0.05) is 12.1 Å². The van der Waals surface area contributed by atoms with Gasteiger partial charge in [0.25, 0.3) is 0 Å². The lowest BCUT2D eigenvalue weighted by atomic mass is 10.1. The summed E-state index contributed by atoms with van der Waals surface area (Å²) in [7, 11) is 1.47. The van der Waals surface area contributed by atoms with E-state index in [0.717, 1.165) is 16.3 Å². The Kier molecular flexibility index (Phi) is 5.40. The van der Waals surface area contributed by atoms with Gasteiger partial charge < -0.3 is 15.2 Å². The van der Waals surface area contributed by atoms with Gasteiger partial charge in [0, 0.05) is 29.9 Å². The van der Waals surface area contributed by atoms with E-state index < -0.39 is 5.97 Å². The Morgan fingerprint density at radius 1 is 1.31 bits per heavy atom. The molecule has 0 saturated heterocycles. The van der Waals surface area contributed by atoms with E-state index in [2.05, 4.69) is 15.4 Å². The highest BCUT2D eigenvalue weighted by molar-refractivity contribution is 7.09. The van der Waals surface area contributed by atoms with E-state index in [1.165, 1.54) is 30.8 Å². The van der Waals surface area contributed by atoms with Gasteiger partial charge in [-0.05, 0) is 12.1 Å². The summed E-state index contributed by atoms with van der Waals surface area (Å²) in [6.45, 7) is 0.414. The molecule has 134 valence electrons. The fourth-order valence-corrected chi connectivity index (χ4v) is 3.06. The van der Waals surface area contributed by atoms with Crippen molar-refractivity contribution in [1.29, 1.82) is 0 Å². The minimum absolute atomic E-state index is 0.00815. The summed E-state index contributed by atoms with van der Waals surface area (Å²) in [5.41, 5.74) is 2.56. The summed E-state index contributed by atoms with van der Waals surface area (Å²) < 4.78 is 6.32. The number of nitrogens with one attached hydrogen (secondary N) is 1. The van der Waals surface area contributed by atoms with Crippen molar-refractivity contribution >= 4 is 28.9 Å². The molecule has 0 aliphatic carbocycles. The van der Waals surface area contributed by atoms with Crippen LogP contribution >= 0.6 is 11.3 Å². The topological polar surface area (TPSA) is 106 Å². The van der Waals surface area contributed by atoms with Crippen LogP contribution in [0.3, 0.4) is 0 Å². The van der Waals surface area contributed by atoms with Crippen LogP contribution < -0.4 is 5.32 Å². The molecule has 0 saturated carbocycles. The van der Waals surface area contributed by atoms with Crippen LogP contribution in [-0.2, 0) is 16.1 Å². The third-order valence-corrected chi connectivity index (χ3v) is 4.30. The SMILES string of the molecule is COCC(=O)Nc1ccc(-c2csc(Cn3cc(C(=O)O)cn3)n2)cc1. The zero-order valence-corrected chi connectivity index (χ0v) is 14.7. The van der Waals surface area contributed by atoms with Crippen molar-refractivity contribution in [3.8, 4) is 11.3 Å². The molecule has 0 fully saturated rings. The number of carboxylic acids is 1. The maximum Gasteiger partial charge on any atom is 0.338 e. The van der Waals surface area contributed by atoms with Crippen LogP contribution in [0.5, 0.6) is 0 Å². The molecular formula is C17H16N4O4S. The van der Waals surface area contributed by atoms with Crippen LogP contribution in [0.2, 0.25) is 0 Å². The van der Waals surface area contributed by atoms with Gasteiger partial charge in [0.1, 0.15) is 11.6 Å². The number of hydrogen-bond donors (Lipinski definition) is 2. The number of carboxylic acid groups (broad SMARTS) is 1. The molecule has 8 nitrogen and oxygen atoms in total. The van der Waals surface area contributed by atoms with E-state index in [4.69, 9.17) is 9.84 Å². The smallest absolute Gasteiger partial charge is 0.338 e. The molecule has 2 aromatic heterocycles. The van der Waals surface area contributed by atoms with Crippen molar-refractivity contribution < 1.29 is 19.4 Å². The summed E-state index contributed by atoms with van der Waals surface area (Å²) in [4.78, 5) is 26.9. The maximum absolute atomic E-state index is 11.5. The molecule has 3 rings (SSSR count). The summed E-state index contributed by atoms with van der Waals surface area (Å²) in [6, 6.07) is 7.35. The first-order valence-corrected chi connectivity index (χ1v) is 8.52. The molecule has 0 aliphatic heterocycles. The first-order chi connectivity index (χ1) is 12.5. The minimum Gasteiger partial charge on any atom is -0.478 e. The highest BCUT2D eigenvalue weighted by atomic mass is 32.1. The van der Waals surface area contributed by atoms with E-state index in [1.54, 1.807) is 16.8 Å². The summed E-state index contributed by atoms with van der Waals surface area (Å²) in [5.74, 6) is -1.22. The van der Waals surface area contributed by atoms with Crippen LogP contribution in [0.1, 0.15) is 15.4 Å². The Morgan fingerprint density at radius 2 is 2.08 bits per heavy atom. The summed E-state index contributed by atoms with van der Waals surface area (Å²) in [6.07, 6.45) is 2.79. The van der Waals surface area contributed by atoms with Gasteiger partial charge in [-0.2, -0.15) is 5.10 Å². The quantitative estimate of drug-likeness (QED) is 0.659. The molecule has 9 heteroatoms. The lowest BCUT2D eigenvalue weighted by molar-refractivity contribution is -0.119. The average molecular weight is 372 g/mol. The molecule has 26 heavy (non-hydrogen) atoms. The number of anilines is 1. The maximum atomic E-state index is 11.5. The van der Waals surface area contributed by atoms with E-state index in [1.807, 2.05) is 17.5 Å². The van der Waals surface area contributed by atoms with Gasteiger partial charge >= 0.3 is 5.97 Å². The summed E-state index contributed by atoms with van der Waals surface area (Å²) in [5, 5.41) is 18.4. The van der Waals surface area contributed by atoms with E-state index in [-0.39, 0.29) is 18.1 Å². The molecule has 0 bridgehead atoms. The third-order valence-electron chi connectivity index (χ3n) is 3.47. The number of carbonyl (C=O) groups is 2. The second-order valence-corrected chi connectivity index (χ2v) is 6.36. The lowest BCUT2D eigenvalue weighted by Gasteiger charge is -2.05. The van der Waals surface area contributed by atoms with Gasteiger partial charge in [-0.15, -0.1) is 11.3 Å². The number of nitrogens with zero attached hydrogens (tertiary/aromatic N) is 3. The number of methoxy groups -OCH3 is 1. The fraction of sp³-hybridized carbons (Fsp3) is 0.176. The molecule has 0 radical (unpaired) electrons. The van der Waals surface area contributed by atoms with E-state index in [9.17, 15) is 9.59 Å². The fourth-order valence-electron chi connectivity index (χ4n) is 2.27. The first kappa shape index (κ1) is 17.8. The predicted octanol–water partition coefficient (Wildman–Crippen LogP) is 2.34. The van der Waals surface area contributed by atoms with Crippen molar-refractivity contribution in [2.24, 2.45) is 0 Å². The number of aromatic carboxylic acids is 1. The molecule has 0 aliphatic rings. The highest BCUT2D eigenvalue weighted by Gasteiger charge is 2.09. The van der Waals surface area contributed by atoms with E-state index in [0.29, 0.717) is 12.2 Å². The van der Waals surface area contributed by atoms with E-state index >= 15 is 0 Å². The number of thiazole rings is 1. The minimum atomic E-state index is -1.01. The highest BCUT2D eigenvalue weighted by Crippen LogP contribution is 2.24. The normalized spacial score (nSPS) is 10.7.